The summed E-state index contributed by atoms with van der Waals surface area (Å²) in [4.78, 5) is 4.64. The van der Waals surface area contributed by atoms with E-state index < -0.39 is 0 Å². The van der Waals surface area contributed by atoms with Crippen LogP contribution in [-0.4, -0.2) is 11.7 Å². The normalized spacial score (nSPS) is 19.1. The van der Waals surface area contributed by atoms with Gasteiger partial charge in [0.05, 0.1) is 17.8 Å². The Morgan fingerprint density at radius 1 is 1.19 bits per heavy atom. The number of thioether (sulfide) groups is 1. The molecule has 1 heterocycles. The van der Waals surface area contributed by atoms with Gasteiger partial charge < -0.3 is 5.32 Å². The zero-order valence-electron chi connectivity index (χ0n) is 11.8. The van der Waals surface area contributed by atoms with E-state index in [1.54, 1.807) is 0 Å². The lowest BCUT2D eigenvalue weighted by Gasteiger charge is -2.16. The van der Waals surface area contributed by atoms with Crippen molar-refractivity contribution < 1.29 is 0 Å². The first-order valence-electron chi connectivity index (χ1n) is 7.00. The summed E-state index contributed by atoms with van der Waals surface area (Å²) in [6, 6.07) is 19.2. The number of hydrogen-bond donors (Lipinski definition) is 1. The van der Waals surface area contributed by atoms with E-state index in [0.29, 0.717) is 5.25 Å². The molecule has 1 aliphatic heterocycles. The molecule has 0 saturated carbocycles. The number of benzene rings is 2. The number of rotatable bonds is 3. The smallest absolute Gasteiger partial charge is 0.157 e. The van der Waals surface area contributed by atoms with Crippen LogP contribution < -0.4 is 5.32 Å². The summed E-state index contributed by atoms with van der Waals surface area (Å²) in [5.74, 6) is 0. The number of nitrogens with one attached hydrogen (secondary N) is 1. The molecule has 0 aromatic heterocycles. The molecule has 3 rings (SSSR count). The largest absolute Gasteiger partial charge is 0.358 e. The van der Waals surface area contributed by atoms with E-state index in [1.165, 1.54) is 11.1 Å². The fourth-order valence-electron chi connectivity index (χ4n) is 2.34. The second kappa shape index (κ2) is 6.67. The fraction of sp³-hybridized carbons (Fsp3) is 0.235. The lowest BCUT2D eigenvalue weighted by atomic mass is 10.1. The molecule has 4 heteroatoms. The van der Waals surface area contributed by atoms with Crippen LogP contribution in [0.2, 0.25) is 0 Å². The van der Waals surface area contributed by atoms with Crippen LogP contribution in [0.25, 0.3) is 0 Å². The predicted molar refractivity (Wildman–Crippen MR) is 94.8 cm³/mol. The lowest BCUT2D eigenvalue weighted by Crippen LogP contribution is -2.23. The monoisotopic (exact) mass is 360 g/mol. The summed E-state index contributed by atoms with van der Waals surface area (Å²) in [6.07, 6.45) is 0. The summed E-state index contributed by atoms with van der Waals surface area (Å²) in [5, 5.41) is 4.99. The van der Waals surface area contributed by atoms with Crippen molar-refractivity contribution in [2.45, 2.75) is 18.2 Å². The van der Waals surface area contributed by atoms with Crippen molar-refractivity contribution in [3.05, 3.63) is 70.2 Å². The van der Waals surface area contributed by atoms with Gasteiger partial charge in [-0.15, -0.1) is 0 Å². The minimum atomic E-state index is 0.253. The van der Waals surface area contributed by atoms with Crippen molar-refractivity contribution in [2.75, 3.05) is 6.54 Å². The van der Waals surface area contributed by atoms with E-state index in [0.717, 1.165) is 16.2 Å². The summed E-state index contributed by atoms with van der Waals surface area (Å²) in [5.41, 5.74) is 2.61. The second-order valence-electron chi connectivity index (χ2n) is 5.08. The Hall–Kier alpha value is -1.26. The van der Waals surface area contributed by atoms with E-state index in [1.807, 2.05) is 17.8 Å². The van der Waals surface area contributed by atoms with Gasteiger partial charge in [-0.3, -0.25) is 4.99 Å². The highest BCUT2D eigenvalue weighted by molar-refractivity contribution is 9.10. The molecule has 0 fully saturated rings. The molecule has 0 spiro atoms. The van der Waals surface area contributed by atoms with Crippen LogP contribution in [0.15, 0.2) is 64.1 Å². The molecular formula is C17H17BrN2S. The van der Waals surface area contributed by atoms with Crippen LogP contribution in [0.5, 0.6) is 0 Å². The lowest BCUT2D eigenvalue weighted by molar-refractivity contribution is 0.722. The number of hydrogen-bond acceptors (Lipinski definition) is 3. The Labute approximate surface area is 138 Å². The zero-order valence-corrected chi connectivity index (χ0v) is 14.2. The van der Waals surface area contributed by atoms with E-state index >= 15 is 0 Å². The first-order valence-corrected chi connectivity index (χ1v) is 8.67. The minimum Gasteiger partial charge on any atom is -0.358 e. The van der Waals surface area contributed by atoms with Crippen molar-refractivity contribution in [3.63, 3.8) is 0 Å². The van der Waals surface area contributed by atoms with Crippen molar-refractivity contribution in [2.24, 2.45) is 4.99 Å². The van der Waals surface area contributed by atoms with E-state index in [-0.39, 0.29) is 6.04 Å². The number of aliphatic imine (C=N–C) groups is 1. The summed E-state index contributed by atoms with van der Waals surface area (Å²) >= 11 is 5.34. The van der Waals surface area contributed by atoms with Crippen LogP contribution in [-0.2, 0) is 0 Å². The SMILES string of the molecule is CC(NC1=NCC(c2ccccc2)S1)c1cccc(Br)c1. The van der Waals surface area contributed by atoms with E-state index in [4.69, 9.17) is 0 Å². The Morgan fingerprint density at radius 3 is 2.76 bits per heavy atom. The van der Waals surface area contributed by atoms with Gasteiger partial charge in [0.15, 0.2) is 5.17 Å². The van der Waals surface area contributed by atoms with Crippen LogP contribution in [0, 0.1) is 0 Å². The molecular weight excluding hydrogens is 344 g/mol. The molecule has 1 N–H and O–H groups in total. The van der Waals surface area contributed by atoms with Gasteiger partial charge in [0.25, 0.3) is 0 Å². The van der Waals surface area contributed by atoms with Gasteiger partial charge in [-0.25, -0.2) is 0 Å². The van der Waals surface area contributed by atoms with Gasteiger partial charge in [0.2, 0.25) is 0 Å². The van der Waals surface area contributed by atoms with Gasteiger partial charge >= 0.3 is 0 Å². The second-order valence-corrected chi connectivity index (χ2v) is 7.19. The van der Waals surface area contributed by atoms with Crippen LogP contribution in [0.3, 0.4) is 0 Å². The first kappa shape index (κ1) is 14.7. The summed E-state index contributed by atoms with van der Waals surface area (Å²) in [7, 11) is 0. The molecule has 2 aromatic rings. The van der Waals surface area contributed by atoms with Crippen molar-refractivity contribution in [1.29, 1.82) is 0 Å². The molecule has 2 atom stereocenters. The summed E-state index contributed by atoms with van der Waals surface area (Å²) < 4.78 is 1.11. The molecule has 0 amide bonds. The van der Waals surface area contributed by atoms with Crippen LogP contribution >= 0.6 is 27.7 Å². The maximum Gasteiger partial charge on any atom is 0.157 e. The van der Waals surface area contributed by atoms with Crippen LogP contribution in [0.1, 0.15) is 29.3 Å². The number of nitrogens with zero attached hydrogens (tertiary/aromatic N) is 1. The topological polar surface area (TPSA) is 24.4 Å². The third kappa shape index (κ3) is 3.69. The molecule has 0 saturated heterocycles. The third-order valence-corrected chi connectivity index (χ3v) is 5.18. The molecule has 2 nitrogen and oxygen atoms in total. The molecule has 1 aliphatic rings. The van der Waals surface area contributed by atoms with Gasteiger partial charge in [0.1, 0.15) is 0 Å². The predicted octanol–water partition coefficient (Wildman–Crippen LogP) is 4.94. The average Bonchev–Trinajstić information content (AvgIpc) is 2.97. The van der Waals surface area contributed by atoms with Crippen molar-refractivity contribution in [1.82, 2.24) is 5.32 Å². The molecule has 21 heavy (non-hydrogen) atoms. The highest BCUT2D eigenvalue weighted by Gasteiger charge is 2.22. The Morgan fingerprint density at radius 2 is 2.00 bits per heavy atom. The third-order valence-electron chi connectivity index (χ3n) is 3.51. The fourth-order valence-corrected chi connectivity index (χ4v) is 3.86. The average molecular weight is 361 g/mol. The molecule has 108 valence electrons. The van der Waals surface area contributed by atoms with Gasteiger partial charge in [-0.05, 0) is 30.2 Å². The standard InChI is InChI=1S/C17H17BrN2S/c1-12(14-8-5-9-15(18)10-14)20-17-19-11-16(21-17)13-6-3-2-4-7-13/h2-10,12,16H,11H2,1H3,(H,19,20). The molecule has 0 radical (unpaired) electrons. The highest BCUT2D eigenvalue weighted by Crippen LogP contribution is 2.35. The summed E-state index contributed by atoms with van der Waals surface area (Å²) in [6.45, 7) is 3.02. The van der Waals surface area contributed by atoms with E-state index in [9.17, 15) is 0 Å². The molecule has 2 unspecified atom stereocenters. The maximum absolute atomic E-state index is 4.64. The van der Waals surface area contributed by atoms with Gasteiger partial charge in [-0.2, -0.15) is 0 Å². The molecule has 0 bridgehead atoms. The highest BCUT2D eigenvalue weighted by atomic mass is 79.9. The van der Waals surface area contributed by atoms with Crippen molar-refractivity contribution >= 4 is 32.9 Å². The molecule has 0 aliphatic carbocycles. The maximum atomic E-state index is 4.64. The first-order chi connectivity index (χ1) is 10.2. The molecule has 2 aromatic carbocycles. The van der Waals surface area contributed by atoms with Gasteiger partial charge in [-0.1, -0.05) is 70.2 Å². The Bertz CT molecular complexity index is 642. The van der Waals surface area contributed by atoms with Gasteiger partial charge in [0, 0.05) is 4.47 Å². The Balaban J connectivity index is 1.62. The van der Waals surface area contributed by atoms with Crippen molar-refractivity contribution in [3.8, 4) is 0 Å². The quantitative estimate of drug-likeness (QED) is 0.837. The number of amidine groups is 1. The Kier molecular flexibility index (Phi) is 4.66. The zero-order chi connectivity index (χ0) is 14.7. The van der Waals surface area contributed by atoms with E-state index in [2.05, 4.69) is 81.7 Å². The van der Waals surface area contributed by atoms with Crippen LogP contribution in [0.4, 0.5) is 0 Å². The number of halogens is 1. The minimum absolute atomic E-state index is 0.253.